The normalized spacial score (nSPS) is 10.0. The Morgan fingerprint density at radius 2 is 1.61 bits per heavy atom. The molecular formula is C19H34N2O2. The molecule has 0 amide bonds. The van der Waals surface area contributed by atoms with E-state index >= 15 is 0 Å². The number of nitrogens with zero attached hydrogens (tertiary/aromatic N) is 2. The Morgan fingerprint density at radius 3 is 2.00 bits per heavy atom. The highest BCUT2D eigenvalue weighted by Crippen LogP contribution is 2.11. The van der Waals surface area contributed by atoms with Crippen molar-refractivity contribution in [2.75, 3.05) is 0 Å². The van der Waals surface area contributed by atoms with Gasteiger partial charge in [-0.15, -0.1) is 0 Å². The number of imidazole rings is 1. The standard InChI is InChI=1S/C16H30N2.C3H4O2/c1-3-4-5-6-7-8-9-10-11-12-13-16-17-14-15-18(16)2;1-2-3(4)5/h14-15H,3-13H2,1-2H3;2H,1H2,(H,4,5). The summed E-state index contributed by atoms with van der Waals surface area (Å²) in [6, 6.07) is 0. The molecule has 23 heavy (non-hydrogen) atoms. The van der Waals surface area contributed by atoms with Gasteiger partial charge in [0.2, 0.25) is 0 Å². The minimum Gasteiger partial charge on any atom is -0.478 e. The highest BCUT2D eigenvalue weighted by molar-refractivity contribution is 5.78. The number of carboxylic acids is 1. The van der Waals surface area contributed by atoms with E-state index < -0.39 is 5.97 Å². The van der Waals surface area contributed by atoms with Crippen LogP contribution in [0.2, 0.25) is 0 Å². The zero-order valence-electron chi connectivity index (χ0n) is 15.0. The first-order valence-corrected chi connectivity index (χ1v) is 8.93. The molecule has 1 heterocycles. The molecule has 0 bridgehead atoms. The second-order valence-electron chi connectivity index (χ2n) is 5.93. The molecule has 0 saturated heterocycles. The molecule has 1 aromatic heterocycles. The molecule has 0 unspecified atom stereocenters. The monoisotopic (exact) mass is 322 g/mol. The molecule has 0 spiro atoms. The summed E-state index contributed by atoms with van der Waals surface area (Å²) in [5.41, 5.74) is 0. The summed E-state index contributed by atoms with van der Waals surface area (Å²) in [5.74, 6) is 0.250. The third-order valence-corrected chi connectivity index (χ3v) is 3.85. The molecule has 0 atom stereocenters. The van der Waals surface area contributed by atoms with Crippen LogP contribution in [0.25, 0.3) is 0 Å². The van der Waals surface area contributed by atoms with E-state index in [0.717, 1.165) is 12.5 Å². The fraction of sp³-hybridized carbons (Fsp3) is 0.684. The molecule has 4 heteroatoms. The van der Waals surface area contributed by atoms with Crippen molar-refractivity contribution in [3.8, 4) is 0 Å². The van der Waals surface area contributed by atoms with E-state index in [1.54, 1.807) is 0 Å². The lowest BCUT2D eigenvalue weighted by molar-refractivity contribution is -0.131. The van der Waals surface area contributed by atoms with Crippen LogP contribution in [0.5, 0.6) is 0 Å². The van der Waals surface area contributed by atoms with E-state index in [4.69, 9.17) is 5.11 Å². The molecule has 0 radical (unpaired) electrons. The predicted octanol–water partition coefficient (Wildman–Crippen LogP) is 5.14. The highest BCUT2D eigenvalue weighted by atomic mass is 16.4. The van der Waals surface area contributed by atoms with Crippen LogP contribution in [-0.4, -0.2) is 20.6 Å². The molecule has 0 saturated carbocycles. The summed E-state index contributed by atoms with van der Waals surface area (Å²) in [6.07, 6.45) is 19.9. The van der Waals surface area contributed by atoms with E-state index in [9.17, 15) is 4.79 Å². The van der Waals surface area contributed by atoms with Gasteiger partial charge >= 0.3 is 5.97 Å². The van der Waals surface area contributed by atoms with Crippen molar-refractivity contribution in [2.24, 2.45) is 7.05 Å². The van der Waals surface area contributed by atoms with Crippen LogP contribution < -0.4 is 0 Å². The Balaban J connectivity index is 0.000000841. The minimum atomic E-state index is -0.981. The summed E-state index contributed by atoms with van der Waals surface area (Å²) in [7, 11) is 2.08. The molecule has 1 N–H and O–H groups in total. The van der Waals surface area contributed by atoms with Gasteiger partial charge in [-0.25, -0.2) is 9.78 Å². The van der Waals surface area contributed by atoms with Crippen LogP contribution in [-0.2, 0) is 18.3 Å². The number of aryl methyl sites for hydroxylation is 2. The summed E-state index contributed by atoms with van der Waals surface area (Å²) >= 11 is 0. The smallest absolute Gasteiger partial charge is 0.327 e. The lowest BCUT2D eigenvalue weighted by Gasteiger charge is -2.03. The van der Waals surface area contributed by atoms with E-state index in [1.807, 2.05) is 12.4 Å². The van der Waals surface area contributed by atoms with Crippen LogP contribution in [0.1, 0.15) is 77.0 Å². The van der Waals surface area contributed by atoms with Gasteiger partial charge in [-0.1, -0.05) is 71.3 Å². The van der Waals surface area contributed by atoms with Gasteiger partial charge in [0.1, 0.15) is 5.82 Å². The number of carboxylic acid groups (broad SMARTS) is 1. The molecule has 1 rings (SSSR count). The topological polar surface area (TPSA) is 55.1 Å². The number of aliphatic carboxylic acids is 1. The molecule has 0 aliphatic heterocycles. The SMILES string of the molecule is C=CC(=O)O.CCCCCCCCCCCCc1nccn1C. The Morgan fingerprint density at radius 1 is 1.13 bits per heavy atom. The van der Waals surface area contributed by atoms with E-state index in [0.29, 0.717) is 0 Å². The van der Waals surface area contributed by atoms with Crippen LogP contribution in [0.15, 0.2) is 25.0 Å². The number of hydrogen-bond acceptors (Lipinski definition) is 2. The Labute approximate surface area is 141 Å². The molecule has 0 aliphatic rings. The lowest BCUT2D eigenvalue weighted by atomic mass is 10.1. The van der Waals surface area contributed by atoms with Gasteiger partial charge < -0.3 is 9.67 Å². The first kappa shape index (κ1) is 21.4. The van der Waals surface area contributed by atoms with Gasteiger partial charge in [0, 0.05) is 31.9 Å². The van der Waals surface area contributed by atoms with E-state index in [1.165, 1.54) is 70.0 Å². The van der Waals surface area contributed by atoms with Crippen LogP contribution in [0.4, 0.5) is 0 Å². The van der Waals surface area contributed by atoms with Crippen molar-refractivity contribution in [1.29, 1.82) is 0 Å². The Hall–Kier alpha value is -1.58. The molecule has 4 nitrogen and oxygen atoms in total. The van der Waals surface area contributed by atoms with Crippen molar-refractivity contribution >= 4 is 5.97 Å². The fourth-order valence-electron chi connectivity index (χ4n) is 2.41. The van der Waals surface area contributed by atoms with Gasteiger partial charge in [-0.3, -0.25) is 0 Å². The van der Waals surface area contributed by atoms with Crippen molar-refractivity contribution in [2.45, 2.75) is 77.6 Å². The van der Waals surface area contributed by atoms with Gasteiger partial charge in [0.05, 0.1) is 0 Å². The quantitative estimate of drug-likeness (QED) is 0.428. The van der Waals surface area contributed by atoms with Gasteiger partial charge in [-0.05, 0) is 6.42 Å². The highest BCUT2D eigenvalue weighted by Gasteiger charge is 1.98. The lowest BCUT2D eigenvalue weighted by Crippen LogP contribution is -1.96. The average Bonchev–Trinajstić information content (AvgIpc) is 2.95. The third kappa shape index (κ3) is 13.8. The predicted molar refractivity (Wildman–Crippen MR) is 96.6 cm³/mol. The number of carbonyl (C=O) groups is 1. The first-order chi connectivity index (χ1) is 11.1. The summed E-state index contributed by atoms with van der Waals surface area (Å²) in [4.78, 5) is 13.6. The molecule has 132 valence electrons. The number of aromatic nitrogens is 2. The van der Waals surface area contributed by atoms with Crippen LogP contribution >= 0.6 is 0 Å². The maximum absolute atomic E-state index is 9.25. The maximum atomic E-state index is 9.25. The summed E-state index contributed by atoms with van der Waals surface area (Å²) in [5, 5.41) is 7.60. The van der Waals surface area contributed by atoms with E-state index in [-0.39, 0.29) is 0 Å². The molecule has 0 aromatic carbocycles. The van der Waals surface area contributed by atoms with Gasteiger partial charge in [-0.2, -0.15) is 0 Å². The second-order valence-corrected chi connectivity index (χ2v) is 5.93. The van der Waals surface area contributed by atoms with Crippen molar-refractivity contribution < 1.29 is 9.90 Å². The summed E-state index contributed by atoms with van der Waals surface area (Å²) in [6.45, 7) is 5.24. The maximum Gasteiger partial charge on any atom is 0.327 e. The molecular weight excluding hydrogens is 288 g/mol. The number of rotatable bonds is 12. The first-order valence-electron chi connectivity index (χ1n) is 8.93. The number of hydrogen-bond donors (Lipinski definition) is 1. The average molecular weight is 322 g/mol. The van der Waals surface area contributed by atoms with Gasteiger partial charge in [0.15, 0.2) is 0 Å². The molecule has 0 fully saturated rings. The van der Waals surface area contributed by atoms with Crippen molar-refractivity contribution in [3.63, 3.8) is 0 Å². The zero-order valence-corrected chi connectivity index (χ0v) is 15.0. The largest absolute Gasteiger partial charge is 0.478 e. The minimum absolute atomic E-state index is 0.833. The Kier molecular flexibility index (Phi) is 14.3. The van der Waals surface area contributed by atoms with Crippen molar-refractivity contribution in [3.05, 3.63) is 30.9 Å². The third-order valence-electron chi connectivity index (χ3n) is 3.85. The zero-order chi connectivity index (χ0) is 17.3. The molecule has 1 aromatic rings. The number of unbranched alkanes of at least 4 members (excludes halogenated alkanes) is 9. The van der Waals surface area contributed by atoms with Crippen LogP contribution in [0.3, 0.4) is 0 Å². The fourth-order valence-corrected chi connectivity index (χ4v) is 2.41. The molecule has 0 aliphatic carbocycles. The second kappa shape index (κ2) is 15.3. The Bertz CT molecular complexity index is 413. The van der Waals surface area contributed by atoms with Crippen LogP contribution in [0, 0.1) is 0 Å². The van der Waals surface area contributed by atoms with Gasteiger partial charge in [0.25, 0.3) is 0 Å². The van der Waals surface area contributed by atoms with Crippen molar-refractivity contribution in [1.82, 2.24) is 9.55 Å². The summed E-state index contributed by atoms with van der Waals surface area (Å²) < 4.78 is 2.13. The van der Waals surface area contributed by atoms with E-state index in [2.05, 4.69) is 30.1 Å².